The van der Waals surface area contributed by atoms with Gasteiger partial charge in [-0.15, -0.1) is 0 Å². The van der Waals surface area contributed by atoms with Crippen LogP contribution in [0.3, 0.4) is 0 Å². The van der Waals surface area contributed by atoms with Crippen LogP contribution < -0.4 is 4.72 Å². The zero-order valence-electron chi connectivity index (χ0n) is 13.0. The number of halogens is 1. The molecule has 0 aliphatic rings. The number of rotatable bonds is 5. The minimum atomic E-state index is -3.99. The molecule has 0 amide bonds. The molecular weight excluding hydrogens is 368 g/mol. The molecule has 1 heterocycles. The maximum Gasteiger partial charge on any atom is 0.289 e. The third kappa shape index (κ3) is 3.51. The van der Waals surface area contributed by atoms with Crippen LogP contribution in [0.1, 0.15) is 18.7 Å². The molecule has 25 heavy (non-hydrogen) atoms. The number of fused-ring (bicyclic) bond motifs is 1. The number of nitro groups is 1. The van der Waals surface area contributed by atoms with E-state index < -0.39 is 26.7 Å². The molecule has 0 saturated carbocycles. The van der Waals surface area contributed by atoms with Gasteiger partial charge in [0.15, 0.2) is 0 Å². The average Bonchev–Trinajstić information content (AvgIpc) is 2.98. The second kappa shape index (κ2) is 6.47. The van der Waals surface area contributed by atoms with Crippen LogP contribution in [0.15, 0.2) is 57.8 Å². The summed E-state index contributed by atoms with van der Waals surface area (Å²) in [7, 11) is -3.99. The smallest absolute Gasteiger partial charge is 0.289 e. The topological polar surface area (TPSA) is 102 Å². The van der Waals surface area contributed by atoms with Crippen molar-refractivity contribution in [2.75, 3.05) is 0 Å². The number of nitrogens with one attached hydrogen (secondary N) is 1. The summed E-state index contributed by atoms with van der Waals surface area (Å²) >= 11 is 5.72. The maximum absolute atomic E-state index is 12.5. The number of hydrogen-bond acceptors (Lipinski definition) is 5. The van der Waals surface area contributed by atoms with E-state index in [2.05, 4.69) is 4.72 Å². The fourth-order valence-electron chi connectivity index (χ4n) is 2.37. The molecule has 1 N–H and O–H groups in total. The summed E-state index contributed by atoms with van der Waals surface area (Å²) in [5.74, 6) is 0.438. The van der Waals surface area contributed by atoms with E-state index in [-0.39, 0.29) is 9.92 Å². The first kappa shape index (κ1) is 17.4. The Morgan fingerprint density at radius 1 is 1.20 bits per heavy atom. The minimum Gasteiger partial charge on any atom is -0.459 e. The standard InChI is InChI=1S/C16H13ClN2O5S/c1-10(16-8-11-4-2-3-5-15(11)24-16)18-25(22,23)12-6-7-13(17)14(9-12)19(20)21/h2-10,18H,1H3/t10-/m0/s1. The van der Waals surface area contributed by atoms with Gasteiger partial charge in [-0.3, -0.25) is 10.1 Å². The van der Waals surface area contributed by atoms with Crippen LogP contribution in [-0.2, 0) is 10.0 Å². The van der Waals surface area contributed by atoms with Gasteiger partial charge in [0.05, 0.1) is 15.9 Å². The van der Waals surface area contributed by atoms with E-state index in [1.54, 1.807) is 19.1 Å². The molecular formula is C16H13ClN2O5S. The zero-order chi connectivity index (χ0) is 18.2. The predicted octanol–water partition coefficient (Wildman–Crippen LogP) is 4.03. The molecule has 1 aromatic heterocycles. The first-order valence-electron chi connectivity index (χ1n) is 7.23. The summed E-state index contributed by atoms with van der Waals surface area (Å²) in [6.45, 7) is 1.62. The Morgan fingerprint density at radius 3 is 2.60 bits per heavy atom. The molecule has 0 spiro atoms. The van der Waals surface area contributed by atoms with Gasteiger partial charge in [0, 0.05) is 11.5 Å². The van der Waals surface area contributed by atoms with E-state index in [4.69, 9.17) is 16.0 Å². The van der Waals surface area contributed by atoms with E-state index in [1.165, 1.54) is 12.1 Å². The van der Waals surface area contributed by atoms with Gasteiger partial charge >= 0.3 is 0 Å². The summed E-state index contributed by atoms with van der Waals surface area (Å²) in [5, 5.41) is 11.7. The largest absolute Gasteiger partial charge is 0.459 e. The van der Waals surface area contributed by atoms with Crippen molar-refractivity contribution in [3.8, 4) is 0 Å². The summed E-state index contributed by atoms with van der Waals surface area (Å²) in [6.07, 6.45) is 0. The molecule has 1 atom stereocenters. The first-order chi connectivity index (χ1) is 11.8. The summed E-state index contributed by atoms with van der Waals surface area (Å²) in [6, 6.07) is 11.7. The van der Waals surface area contributed by atoms with Crippen LogP contribution in [0, 0.1) is 10.1 Å². The number of para-hydroxylation sites is 1. The van der Waals surface area contributed by atoms with Crippen LogP contribution in [0.5, 0.6) is 0 Å². The number of benzene rings is 2. The first-order valence-corrected chi connectivity index (χ1v) is 9.09. The third-order valence-corrected chi connectivity index (χ3v) is 5.49. The van der Waals surface area contributed by atoms with Gasteiger partial charge in [-0.1, -0.05) is 29.8 Å². The highest BCUT2D eigenvalue weighted by Gasteiger charge is 2.24. The van der Waals surface area contributed by atoms with Crippen molar-refractivity contribution in [3.05, 3.63) is 69.4 Å². The summed E-state index contributed by atoms with van der Waals surface area (Å²) in [5.41, 5.74) is 0.173. The van der Waals surface area contributed by atoms with E-state index in [0.29, 0.717) is 11.3 Å². The molecule has 0 fully saturated rings. The number of hydrogen-bond donors (Lipinski definition) is 1. The zero-order valence-corrected chi connectivity index (χ0v) is 14.5. The highest BCUT2D eigenvalue weighted by molar-refractivity contribution is 7.89. The second-order valence-electron chi connectivity index (χ2n) is 5.40. The molecule has 130 valence electrons. The Morgan fingerprint density at radius 2 is 1.92 bits per heavy atom. The van der Waals surface area contributed by atoms with Crippen molar-refractivity contribution < 1.29 is 17.8 Å². The number of nitro benzene ring substituents is 1. The molecule has 3 aromatic rings. The van der Waals surface area contributed by atoms with Crippen LogP contribution in [0.2, 0.25) is 5.02 Å². The Balaban J connectivity index is 1.90. The number of sulfonamides is 1. The van der Waals surface area contributed by atoms with Gasteiger partial charge in [-0.2, -0.15) is 0 Å². The lowest BCUT2D eigenvalue weighted by Gasteiger charge is -2.12. The average molecular weight is 381 g/mol. The van der Waals surface area contributed by atoms with Crippen molar-refractivity contribution >= 4 is 38.3 Å². The van der Waals surface area contributed by atoms with Crippen molar-refractivity contribution in [1.82, 2.24) is 4.72 Å². The van der Waals surface area contributed by atoms with Crippen molar-refractivity contribution in [2.45, 2.75) is 17.9 Å². The molecule has 0 unspecified atom stereocenters. The molecule has 3 rings (SSSR count). The van der Waals surface area contributed by atoms with Crippen molar-refractivity contribution in [1.29, 1.82) is 0 Å². The molecule has 0 saturated heterocycles. The number of nitrogens with zero attached hydrogens (tertiary/aromatic N) is 1. The molecule has 0 aliphatic heterocycles. The lowest BCUT2D eigenvalue weighted by atomic mass is 10.2. The molecule has 2 aromatic carbocycles. The Hall–Kier alpha value is -2.42. The van der Waals surface area contributed by atoms with Crippen LogP contribution in [0.25, 0.3) is 11.0 Å². The Bertz CT molecular complexity index is 1030. The van der Waals surface area contributed by atoms with Gasteiger partial charge in [0.1, 0.15) is 16.4 Å². The second-order valence-corrected chi connectivity index (χ2v) is 7.52. The van der Waals surface area contributed by atoms with E-state index in [1.807, 2.05) is 18.2 Å². The predicted molar refractivity (Wildman–Crippen MR) is 93.1 cm³/mol. The Kier molecular flexibility index (Phi) is 4.51. The van der Waals surface area contributed by atoms with E-state index >= 15 is 0 Å². The number of furan rings is 1. The fraction of sp³-hybridized carbons (Fsp3) is 0.125. The van der Waals surface area contributed by atoms with E-state index in [0.717, 1.165) is 11.5 Å². The molecule has 0 bridgehead atoms. The monoisotopic (exact) mass is 380 g/mol. The van der Waals surface area contributed by atoms with Gasteiger partial charge in [-0.25, -0.2) is 13.1 Å². The quantitative estimate of drug-likeness (QED) is 0.531. The lowest BCUT2D eigenvalue weighted by Crippen LogP contribution is -2.26. The van der Waals surface area contributed by atoms with Crippen LogP contribution in [0.4, 0.5) is 5.69 Å². The van der Waals surface area contributed by atoms with Crippen LogP contribution >= 0.6 is 11.6 Å². The van der Waals surface area contributed by atoms with Crippen molar-refractivity contribution in [3.63, 3.8) is 0 Å². The molecule has 0 radical (unpaired) electrons. The van der Waals surface area contributed by atoms with E-state index in [9.17, 15) is 18.5 Å². The van der Waals surface area contributed by atoms with Crippen LogP contribution in [-0.4, -0.2) is 13.3 Å². The fourth-order valence-corrected chi connectivity index (χ4v) is 3.79. The van der Waals surface area contributed by atoms with Gasteiger partial charge in [-0.05, 0) is 31.2 Å². The lowest BCUT2D eigenvalue weighted by molar-refractivity contribution is -0.384. The molecule has 0 aliphatic carbocycles. The van der Waals surface area contributed by atoms with Gasteiger partial charge < -0.3 is 4.42 Å². The molecule has 9 heteroatoms. The highest BCUT2D eigenvalue weighted by atomic mass is 35.5. The minimum absolute atomic E-state index is 0.130. The van der Waals surface area contributed by atoms with Gasteiger partial charge in [0.25, 0.3) is 5.69 Å². The SMILES string of the molecule is C[C@H](NS(=O)(=O)c1ccc(Cl)c([N+](=O)[O-])c1)c1cc2ccccc2o1. The summed E-state index contributed by atoms with van der Waals surface area (Å²) in [4.78, 5) is 9.96. The maximum atomic E-state index is 12.5. The Labute approximate surface area is 148 Å². The van der Waals surface area contributed by atoms with Crippen molar-refractivity contribution in [2.24, 2.45) is 0 Å². The molecule has 7 nitrogen and oxygen atoms in total. The van der Waals surface area contributed by atoms with Gasteiger partial charge in [0.2, 0.25) is 10.0 Å². The highest BCUT2D eigenvalue weighted by Crippen LogP contribution is 2.29. The third-order valence-electron chi connectivity index (χ3n) is 3.63. The summed E-state index contributed by atoms with van der Waals surface area (Å²) < 4.78 is 33.1. The normalized spacial score (nSPS) is 13.0.